The van der Waals surface area contributed by atoms with E-state index in [4.69, 9.17) is 0 Å². The van der Waals surface area contributed by atoms with E-state index in [0.717, 1.165) is 31.9 Å². The van der Waals surface area contributed by atoms with Gasteiger partial charge in [-0.05, 0) is 52.9 Å². The minimum Gasteiger partial charge on any atom is -0.307 e. The van der Waals surface area contributed by atoms with Gasteiger partial charge in [0, 0.05) is 37.3 Å². The number of hydrogen-bond donors (Lipinski definition) is 1. The van der Waals surface area contributed by atoms with Gasteiger partial charge in [0.15, 0.2) is 0 Å². The normalized spacial score (nSPS) is 13.8. The Hall–Kier alpha value is -2.14. The third-order valence-corrected chi connectivity index (χ3v) is 5.29. The molecular formula is C21H21N3S. The molecule has 0 atom stereocenters. The fraction of sp³-hybridized carbons (Fsp3) is 0.190. The van der Waals surface area contributed by atoms with Crippen molar-refractivity contribution in [2.24, 2.45) is 0 Å². The van der Waals surface area contributed by atoms with E-state index in [9.17, 15) is 0 Å². The number of aromatic nitrogens is 1. The Labute approximate surface area is 153 Å². The summed E-state index contributed by atoms with van der Waals surface area (Å²) in [5.41, 5.74) is 5.27. The summed E-state index contributed by atoms with van der Waals surface area (Å²) < 4.78 is 2.42. The molecule has 1 aliphatic rings. The minimum atomic E-state index is 0.791. The van der Waals surface area contributed by atoms with Gasteiger partial charge in [-0.3, -0.25) is 4.98 Å². The quantitative estimate of drug-likeness (QED) is 0.669. The molecule has 2 aromatic carbocycles. The van der Waals surface area contributed by atoms with Gasteiger partial charge in [0.2, 0.25) is 0 Å². The molecule has 2 heterocycles. The molecule has 4 heteroatoms. The Morgan fingerprint density at radius 3 is 2.44 bits per heavy atom. The van der Waals surface area contributed by atoms with Crippen molar-refractivity contribution >= 4 is 11.9 Å². The van der Waals surface area contributed by atoms with Crippen LogP contribution in [0, 0.1) is 0 Å². The SMILES string of the molecule is c1ccc(CNCc2cccc(SN3Cc4ccccc4C3)c2)nc1. The standard InChI is InChI=1S/C21H21N3S/c1-2-8-19-16-24(15-18(19)7-1)25-21-10-5-6-17(12-21)13-22-14-20-9-3-4-11-23-20/h1-12,22H,13-16H2. The average molecular weight is 347 g/mol. The molecule has 0 fully saturated rings. The van der Waals surface area contributed by atoms with Crippen molar-refractivity contribution < 1.29 is 0 Å². The fourth-order valence-corrected chi connectivity index (χ4v) is 4.11. The Kier molecular flexibility index (Phi) is 5.11. The van der Waals surface area contributed by atoms with Crippen LogP contribution in [0.1, 0.15) is 22.4 Å². The van der Waals surface area contributed by atoms with Gasteiger partial charge < -0.3 is 5.32 Å². The predicted octanol–water partition coefficient (Wildman–Crippen LogP) is 4.39. The van der Waals surface area contributed by atoms with Crippen LogP contribution in [0.4, 0.5) is 0 Å². The summed E-state index contributed by atoms with van der Waals surface area (Å²) in [6.07, 6.45) is 1.84. The number of nitrogens with one attached hydrogen (secondary N) is 1. The number of hydrogen-bond acceptors (Lipinski definition) is 4. The molecule has 126 valence electrons. The number of rotatable bonds is 6. The lowest BCUT2D eigenvalue weighted by Crippen LogP contribution is -2.13. The van der Waals surface area contributed by atoms with Crippen molar-refractivity contribution in [3.63, 3.8) is 0 Å². The van der Waals surface area contributed by atoms with Crippen molar-refractivity contribution in [3.8, 4) is 0 Å². The second-order valence-electron chi connectivity index (χ2n) is 6.23. The number of benzene rings is 2. The van der Waals surface area contributed by atoms with Gasteiger partial charge in [0.05, 0.1) is 5.69 Å². The first-order valence-corrected chi connectivity index (χ1v) is 9.33. The summed E-state index contributed by atoms with van der Waals surface area (Å²) in [5, 5.41) is 3.47. The molecule has 0 amide bonds. The first-order valence-electron chi connectivity index (χ1n) is 8.56. The summed E-state index contributed by atoms with van der Waals surface area (Å²) in [7, 11) is 0. The lowest BCUT2D eigenvalue weighted by atomic mass is 10.1. The van der Waals surface area contributed by atoms with Gasteiger partial charge in [0.25, 0.3) is 0 Å². The second kappa shape index (κ2) is 7.83. The van der Waals surface area contributed by atoms with Crippen LogP contribution >= 0.6 is 11.9 Å². The summed E-state index contributed by atoms with van der Waals surface area (Å²) in [4.78, 5) is 5.64. The van der Waals surface area contributed by atoms with Gasteiger partial charge >= 0.3 is 0 Å². The first kappa shape index (κ1) is 16.3. The summed E-state index contributed by atoms with van der Waals surface area (Å²) in [6.45, 7) is 3.68. The van der Waals surface area contributed by atoms with Crippen molar-refractivity contribution in [1.82, 2.24) is 14.6 Å². The molecule has 0 aliphatic carbocycles. The maximum absolute atomic E-state index is 4.34. The van der Waals surface area contributed by atoms with Gasteiger partial charge in [0.1, 0.15) is 0 Å². The van der Waals surface area contributed by atoms with Gasteiger partial charge in [-0.1, -0.05) is 42.5 Å². The topological polar surface area (TPSA) is 28.2 Å². The molecule has 3 aromatic rings. The Balaban J connectivity index is 1.32. The molecule has 0 radical (unpaired) electrons. The van der Waals surface area contributed by atoms with Crippen molar-refractivity contribution in [1.29, 1.82) is 0 Å². The van der Waals surface area contributed by atoms with Crippen LogP contribution in [0.2, 0.25) is 0 Å². The molecule has 0 bridgehead atoms. The van der Waals surface area contributed by atoms with E-state index in [0.29, 0.717) is 0 Å². The highest BCUT2D eigenvalue weighted by Gasteiger charge is 2.19. The van der Waals surface area contributed by atoms with E-state index < -0.39 is 0 Å². The number of fused-ring (bicyclic) bond motifs is 1. The van der Waals surface area contributed by atoms with Crippen molar-refractivity contribution in [3.05, 3.63) is 95.3 Å². The largest absolute Gasteiger partial charge is 0.307 e. The molecule has 1 N–H and O–H groups in total. The highest BCUT2D eigenvalue weighted by molar-refractivity contribution is 7.97. The van der Waals surface area contributed by atoms with Crippen LogP contribution in [0.15, 0.2) is 77.8 Å². The molecule has 0 saturated heterocycles. The van der Waals surface area contributed by atoms with Crippen LogP contribution in [0.3, 0.4) is 0 Å². The summed E-state index contributed by atoms with van der Waals surface area (Å²) in [6, 6.07) is 23.5. The zero-order chi connectivity index (χ0) is 16.9. The zero-order valence-electron chi connectivity index (χ0n) is 14.1. The van der Waals surface area contributed by atoms with E-state index >= 15 is 0 Å². The zero-order valence-corrected chi connectivity index (χ0v) is 14.9. The number of nitrogens with zero attached hydrogens (tertiary/aromatic N) is 2. The van der Waals surface area contributed by atoms with Crippen LogP contribution in [0.5, 0.6) is 0 Å². The van der Waals surface area contributed by atoms with E-state index in [1.165, 1.54) is 21.6 Å². The minimum absolute atomic E-state index is 0.791. The predicted molar refractivity (Wildman–Crippen MR) is 103 cm³/mol. The molecular weight excluding hydrogens is 326 g/mol. The Morgan fingerprint density at radius 1 is 0.880 bits per heavy atom. The van der Waals surface area contributed by atoms with Crippen molar-refractivity contribution in [2.75, 3.05) is 0 Å². The third kappa shape index (κ3) is 4.28. The van der Waals surface area contributed by atoms with Crippen LogP contribution < -0.4 is 5.32 Å². The lowest BCUT2D eigenvalue weighted by Gasteiger charge is -2.14. The van der Waals surface area contributed by atoms with Crippen molar-refractivity contribution in [2.45, 2.75) is 31.1 Å². The maximum Gasteiger partial charge on any atom is 0.0541 e. The molecule has 4 rings (SSSR count). The van der Waals surface area contributed by atoms with Crippen LogP contribution in [-0.2, 0) is 26.2 Å². The van der Waals surface area contributed by atoms with Gasteiger partial charge in [-0.15, -0.1) is 0 Å². The highest BCUT2D eigenvalue weighted by Crippen LogP contribution is 2.32. The average Bonchev–Trinajstić information content (AvgIpc) is 3.05. The van der Waals surface area contributed by atoms with E-state index in [1.807, 2.05) is 36.3 Å². The number of pyridine rings is 1. The van der Waals surface area contributed by atoms with E-state index in [1.54, 1.807) is 0 Å². The first-order chi connectivity index (χ1) is 12.4. The highest BCUT2D eigenvalue weighted by atomic mass is 32.2. The molecule has 3 nitrogen and oxygen atoms in total. The summed E-state index contributed by atoms with van der Waals surface area (Å²) >= 11 is 1.84. The van der Waals surface area contributed by atoms with Crippen LogP contribution in [0.25, 0.3) is 0 Å². The van der Waals surface area contributed by atoms with Gasteiger partial charge in [-0.2, -0.15) is 0 Å². The monoisotopic (exact) mass is 347 g/mol. The van der Waals surface area contributed by atoms with E-state index in [-0.39, 0.29) is 0 Å². The molecule has 25 heavy (non-hydrogen) atoms. The third-order valence-electron chi connectivity index (χ3n) is 4.31. The lowest BCUT2D eigenvalue weighted by molar-refractivity contribution is 0.509. The second-order valence-corrected chi connectivity index (χ2v) is 7.40. The molecule has 0 spiro atoms. The Bertz CT molecular complexity index is 810. The maximum atomic E-state index is 4.34. The molecule has 1 aromatic heterocycles. The molecule has 0 unspecified atom stereocenters. The van der Waals surface area contributed by atoms with Gasteiger partial charge in [-0.25, -0.2) is 4.31 Å². The van der Waals surface area contributed by atoms with Crippen LogP contribution in [-0.4, -0.2) is 9.29 Å². The fourth-order valence-electron chi connectivity index (χ4n) is 3.07. The summed E-state index contributed by atoms with van der Waals surface area (Å²) in [5.74, 6) is 0. The molecule has 1 aliphatic heterocycles. The molecule has 0 saturated carbocycles. The van der Waals surface area contributed by atoms with E-state index in [2.05, 4.69) is 63.1 Å². The Morgan fingerprint density at radius 2 is 1.68 bits per heavy atom. The smallest absolute Gasteiger partial charge is 0.0541 e.